The summed E-state index contributed by atoms with van der Waals surface area (Å²) in [6, 6.07) is 6.33. The standard InChI is InChI=1S/C14H23N3O3S/c1-11(9-10-15)7-8-14(18)17-12-5-3-4-6-13(12)21(19,20)16-2/h3-6,11,16H,7-10,15H2,1-2H3,(H,17,18). The van der Waals surface area contributed by atoms with Gasteiger partial charge in [0.2, 0.25) is 15.9 Å². The monoisotopic (exact) mass is 313 g/mol. The second-order valence-corrected chi connectivity index (χ2v) is 6.83. The van der Waals surface area contributed by atoms with E-state index >= 15 is 0 Å². The van der Waals surface area contributed by atoms with Gasteiger partial charge in [-0.3, -0.25) is 4.79 Å². The average molecular weight is 313 g/mol. The van der Waals surface area contributed by atoms with Crippen molar-refractivity contribution in [1.82, 2.24) is 4.72 Å². The van der Waals surface area contributed by atoms with Crippen molar-refractivity contribution in [2.24, 2.45) is 11.7 Å². The molecule has 21 heavy (non-hydrogen) atoms. The van der Waals surface area contributed by atoms with E-state index in [1.165, 1.54) is 13.1 Å². The molecule has 0 radical (unpaired) electrons. The Balaban J connectivity index is 2.73. The van der Waals surface area contributed by atoms with Crippen LogP contribution in [0.3, 0.4) is 0 Å². The number of rotatable bonds is 8. The van der Waals surface area contributed by atoms with Crippen molar-refractivity contribution in [3.63, 3.8) is 0 Å². The summed E-state index contributed by atoms with van der Waals surface area (Å²) in [6.07, 6.45) is 1.94. The van der Waals surface area contributed by atoms with Crippen molar-refractivity contribution < 1.29 is 13.2 Å². The summed E-state index contributed by atoms with van der Waals surface area (Å²) in [5.74, 6) is 0.176. The lowest BCUT2D eigenvalue weighted by atomic mass is 10.0. The van der Waals surface area contributed by atoms with E-state index in [2.05, 4.69) is 10.0 Å². The number of para-hydroxylation sites is 1. The van der Waals surface area contributed by atoms with Crippen molar-refractivity contribution >= 4 is 21.6 Å². The van der Waals surface area contributed by atoms with Gasteiger partial charge in [0.05, 0.1) is 5.69 Å². The molecule has 0 aliphatic rings. The van der Waals surface area contributed by atoms with Crippen LogP contribution in [0, 0.1) is 5.92 Å². The largest absolute Gasteiger partial charge is 0.330 e. The molecular formula is C14H23N3O3S. The Morgan fingerprint density at radius 3 is 2.57 bits per heavy atom. The smallest absolute Gasteiger partial charge is 0.242 e. The molecule has 1 atom stereocenters. The number of benzene rings is 1. The lowest BCUT2D eigenvalue weighted by Crippen LogP contribution is -2.22. The number of sulfonamides is 1. The molecule has 1 aromatic rings. The van der Waals surface area contributed by atoms with E-state index in [9.17, 15) is 13.2 Å². The van der Waals surface area contributed by atoms with Crippen LogP contribution in [0.4, 0.5) is 5.69 Å². The lowest BCUT2D eigenvalue weighted by Gasteiger charge is -2.12. The highest BCUT2D eigenvalue weighted by Crippen LogP contribution is 2.21. The van der Waals surface area contributed by atoms with E-state index in [-0.39, 0.29) is 10.8 Å². The highest BCUT2D eigenvalue weighted by molar-refractivity contribution is 7.89. The summed E-state index contributed by atoms with van der Waals surface area (Å²) in [5.41, 5.74) is 5.76. The van der Waals surface area contributed by atoms with E-state index in [1.807, 2.05) is 6.92 Å². The molecular weight excluding hydrogens is 290 g/mol. The summed E-state index contributed by atoms with van der Waals surface area (Å²) >= 11 is 0. The fourth-order valence-corrected chi connectivity index (χ4v) is 2.82. The van der Waals surface area contributed by atoms with Crippen LogP contribution in [0.15, 0.2) is 29.2 Å². The van der Waals surface area contributed by atoms with Crippen LogP contribution in [0.5, 0.6) is 0 Å². The molecule has 0 fully saturated rings. The summed E-state index contributed by atoms with van der Waals surface area (Å²) in [4.78, 5) is 12.0. The summed E-state index contributed by atoms with van der Waals surface area (Å²) in [5, 5.41) is 2.66. The number of nitrogens with one attached hydrogen (secondary N) is 2. The van der Waals surface area contributed by atoms with E-state index < -0.39 is 10.0 Å². The van der Waals surface area contributed by atoms with Crippen LogP contribution in [0.2, 0.25) is 0 Å². The predicted octanol–water partition coefficient (Wildman–Crippen LogP) is 1.30. The van der Waals surface area contributed by atoms with Crippen LogP contribution in [0.25, 0.3) is 0 Å². The molecule has 6 nitrogen and oxygen atoms in total. The van der Waals surface area contributed by atoms with E-state index in [0.717, 1.165) is 12.8 Å². The number of nitrogens with two attached hydrogens (primary N) is 1. The third-order valence-electron chi connectivity index (χ3n) is 3.24. The highest BCUT2D eigenvalue weighted by Gasteiger charge is 2.17. The van der Waals surface area contributed by atoms with Crippen LogP contribution in [0.1, 0.15) is 26.2 Å². The van der Waals surface area contributed by atoms with Crippen molar-refractivity contribution in [3.8, 4) is 0 Å². The van der Waals surface area contributed by atoms with Crippen molar-refractivity contribution in [3.05, 3.63) is 24.3 Å². The Bertz CT molecular complexity index is 573. The maximum absolute atomic E-state index is 11.9. The Labute approximate surface area is 126 Å². The first-order valence-corrected chi connectivity index (χ1v) is 8.41. The van der Waals surface area contributed by atoms with Gasteiger partial charge in [-0.05, 0) is 44.5 Å². The number of carbonyl (C=O) groups excluding carboxylic acids is 1. The van der Waals surface area contributed by atoms with Crippen LogP contribution in [-0.2, 0) is 14.8 Å². The molecule has 0 heterocycles. The molecule has 0 saturated heterocycles. The molecule has 0 aliphatic heterocycles. The Kier molecular flexibility index (Phi) is 6.80. The van der Waals surface area contributed by atoms with Gasteiger partial charge in [-0.15, -0.1) is 0 Å². The molecule has 0 aliphatic carbocycles. The van der Waals surface area contributed by atoms with E-state index in [4.69, 9.17) is 5.73 Å². The number of carbonyl (C=O) groups is 1. The van der Waals surface area contributed by atoms with E-state index in [0.29, 0.717) is 24.6 Å². The van der Waals surface area contributed by atoms with Crippen LogP contribution < -0.4 is 15.8 Å². The molecule has 0 saturated carbocycles. The third kappa shape index (κ3) is 5.45. The minimum Gasteiger partial charge on any atom is -0.330 e. The molecule has 0 bridgehead atoms. The summed E-state index contributed by atoms with van der Waals surface area (Å²) in [6.45, 7) is 2.64. The van der Waals surface area contributed by atoms with Gasteiger partial charge in [0.15, 0.2) is 0 Å². The second kappa shape index (κ2) is 8.11. The minimum absolute atomic E-state index is 0.0656. The fourth-order valence-electron chi connectivity index (χ4n) is 1.93. The number of anilines is 1. The van der Waals surface area contributed by atoms with Crippen LogP contribution in [-0.4, -0.2) is 27.9 Å². The first kappa shape index (κ1) is 17.6. The van der Waals surface area contributed by atoms with Gasteiger partial charge < -0.3 is 11.1 Å². The van der Waals surface area contributed by atoms with Gasteiger partial charge in [-0.2, -0.15) is 0 Å². The van der Waals surface area contributed by atoms with Gasteiger partial charge in [0, 0.05) is 6.42 Å². The maximum atomic E-state index is 11.9. The summed E-state index contributed by atoms with van der Waals surface area (Å²) < 4.78 is 26.0. The molecule has 1 amide bonds. The minimum atomic E-state index is -3.60. The first-order valence-electron chi connectivity index (χ1n) is 6.93. The molecule has 4 N–H and O–H groups in total. The molecule has 7 heteroatoms. The maximum Gasteiger partial charge on any atom is 0.242 e. The topological polar surface area (TPSA) is 101 Å². The predicted molar refractivity (Wildman–Crippen MR) is 83.4 cm³/mol. The van der Waals surface area contributed by atoms with Crippen LogP contribution >= 0.6 is 0 Å². The molecule has 0 aromatic heterocycles. The zero-order valence-electron chi connectivity index (χ0n) is 12.4. The van der Waals surface area contributed by atoms with Gasteiger partial charge in [-0.1, -0.05) is 19.1 Å². The molecule has 1 unspecified atom stereocenters. The quantitative estimate of drug-likeness (QED) is 0.673. The lowest BCUT2D eigenvalue weighted by molar-refractivity contribution is -0.116. The Morgan fingerprint density at radius 1 is 1.29 bits per heavy atom. The zero-order chi connectivity index (χ0) is 15.9. The third-order valence-corrected chi connectivity index (χ3v) is 4.72. The van der Waals surface area contributed by atoms with Crippen molar-refractivity contribution in [2.45, 2.75) is 31.1 Å². The van der Waals surface area contributed by atoms with E-state index in [1.54, 1.807) is 18.2 Å². The first-order chi connectivity index (χ1) is 9.90. The Morgan fingerprint density at radius 2 is 1.95 bits per heavy atom. The second-order valence-electron chi connectivity index (χ2n) is 4.97. The van der Waals surface area contributed by atoms with Gasteiger partial charge >= 0.3 is 0 Å². The van der Waals surface area contributed by atoms with Crippen molar-refractivity contribution in [1.29, 1.82) is 0 Å². The van der Waals surface area contributed by atoms with Gasteiger partial charge in [-0.25, -0.2) is 13.1 Å². The van der Waals surface area contributed by atoms with Gasteiger partial charge in [0.1, 0.15) is 4.90 Å². The molecule has 1 aromatic carbocycles. The zero-order valence-corrected chi connectivity index (χ0v) is 13.2. The average Bonchev–Trinajstić information content (AvgIpc) is 2.46. The number of hydrogen-bond donors (Lipinski definition) is 3. The SMILES string of the molecule is CNS(=O)(=O)c1ccccc1NC(=O)CCC(C)CCN. The number of amides is 1. The summed E-state index contributed by atoms with van der Waals surface area (Å²) in [7, 11) is -2.26. The Hall–Kier alpha value is -1.44. The normalized spacial score (nSPS) is 12.9. The molecule has 1 rings (SSSR count). The van der Waals surface area contributed by atoms with Gasteiger partial charge in [0.25, 0.3) is 0 Å². The fraction of sp³-hybridized carbons (Fsp3) is 0.500. The molecule has 118 valence electrons. The highest BCUT2D eigenvalue weighted by atomic mass is 32.2. The molecule has 0 spiro atoms. The van der Waals surface area contributed by atoms with Crippen molar-refractivity contribution in [2.75, 3.05) is 18.9 Å². The number of hydrogen-bond acceptors (Lipinski definition) is 4.